The number of carbonyl (C=O) groups is 1. The Morgan fingerprint density at radius 1 is 1.31 bits per heavy atom. The summed E-state index contributed by atoms with van der Waals surface area (Å²) in [4.78, 5) is 25.7. The van der Waals surface area contributed by atoms with E-state index in [0.29, 0.717) is 23.4 Å². The van der Waals surface area contributed by atoms with Crippen molar-refractivity contribution in [3.05, 3.63) is 26.6 Å². The van der Waals surface area contributed by atoms with Crippen molar-refractivity contribution in [2.45, 2.75) is 44.6 Å². The van der Waals surface area contributed by atoms with Gasteiger partial charge in [0.1, 0.15) is 0 Å². The molecule has 12 heteroatoms. The van der Waals surface area contributed by atoms with Crippen LogP contribution in [0.3, 0.4) is 0 Å². The van der Waals surface area contributed by atoms with E-state index in [1.807, 2.05) is 0 Å². The van der Waals surface area contributed by atoms with Crippen LogP contribution in [0.1, 0.15) is 54.1 Å². The van der Waals surface area contributed by atoms with Gasteiger partial charge in [0.2, 0.25) is 5.95 Å². The predicted molar refractivity (Wildman–Crippen MR) is 94.3 cm³/mol. The second kappa shape index (κ2) is 7.79. The standard InChI is InChI=1S/C14H20ClN9O2/c15-10-9(8-4-2-1-3-5-8)13(26)24(17)20-11(10)12(25)18-14-19-21-22-23(14)7-6-16/h8H,1-7,16-17H2,(H,18,19,22,25). The zero-order chi connectivity index (χ0) is 18.7. The predicted octanol–water partition coefficient (Wildman–Crippen LogP) is -0.144. The van der Waals surface area contributed by atoms with E-state index in [9.17, 15) is 9.59 Å². The summed E-state index contributed by atoms with van der Waals surface area (Å²) < 4.78 is 1.34. The summed E-state index contributed by atoms with van der Waals surface area (Å²) in [7, 11) is 0. The van der Waals surface area contributed by atoms with Crippen LogP contribution < -0.4 is 22.5 Å². The molecule has 1 amide bonds. The second-order valence-electron chi connectivity index (χ2n) is 6.13. The van der Waals surface area contributed by atoms with Crippen molar-refractivity contribution in [2.24, 2.45) is 5.73 Å². The van der Waals surface area contributed by atoms with Crippen molar-refractivity contribution in [1.82, 2.24) is 30.1 Å². The van der Waals surface area contributed by atoms with Crippen LogP contribution in [0.15, 0.2) is 4.79 Å². The number of nitrogens with one attached hydrogen (secondary N) is 1. The van der Waals surface area contributed by atoms with Gasteiger partial charge in [0, 0.05) is 12.1 Å². The summed E-state index contributed by atoms with van der Waals surface area (Å²) >= 11 is 6.38. The first-order valence-electron chi connectivity index (χ1n) is 8.38. The third kappa shape index (κ3) is 3.53. The lowest BCUT2D eigenvalue weighted by molar-refractivity contribution is 0.101. The number of nitrogens with zero attached hydrogens (tertiary/aromatic N) is 6. The van der Waals surface area contributed by atoms with Gasteiger partial charge in [0.05, 0.1) is 11.6 Å². The Hall–Kier alpha value is -2.53. The monoisotopic (exact) mass is 381 g/mol. The molecule has 0 aromatic carbocycles. The van der Waals surface area contributed by atoms with Crippen LogP contribution in [0.4, 0.5) is 5.95 Å². The first-order chi connectivity index (χ1) is 12.5. The van der Waals surface area contributed by atoms with Gasteiger partial charge in [-0.2, -0.15) is 0 Å². The Balaban J connectivity index is 1.94. The van der Waals surface area contributed by atoms with Crippen LogP contribution >= 0.6 is 11.6 Å². The lowest BCUT2D eigenvalue weighted by Gasteiger charge is -2.23. The minimum absolute atomic E-state index is 0.0268. The average molecular weight is 382 g/mol. The molecule has 1 fully saturated rings. The number of anilines is 1. The van der Waals surface area contributed by atoms with E-state index in [2.05, 4.69) is 25.9 Å². The van der Waals surface area contributed by atoms with E-state index in [1.165, 1.54) is 4.68 Å². The molecule has 3 rings (SSSR count). The van der Waals surface area contributed by atoms with Gasteiger partial charge in [-0.1, -0.05) is 36.0 Å². The smallest absolute Gasteiger partial charge is 0.290 e. The highest BCUT2D eigenvalue weighted by molar-refractivity contribution is 6.34. The molecule has 0 saturated heterocycles. The van der Waals surface area contributed by atoms with Crippen molar-refractivity contribution in [3.8, 4) is 0 Å². The summed E-state index contributed by atoms with van der Waals surface area (Å²) in [5, 5.41) is 17.3. The van der Waals surface area contributed by atoms with Crippen molar-refractivity contribution in [1.29, 1.82) is 0 Å². The van der Waals surface area contributed by atoms with Gasteiger partial charge in [0.15, 0.2) is 5.69 Å². The van der Waals surface area contributed by atoms with E-state index in [-0.39, 0.29) is 22.6 Å². The fourth-order valence-electron chi connectivity index (χ4n) is 3.16. The number of rotatable bonds is 5. The molecular weight excluding hydrogens is 362 g/mol. The number of nitrogens with two attached hydrogens (primary N) is 2. The summed E-state index contributed by atoms with van der Waals surface area (Å²) in [6, 6.07) is 0. The zero-order valence-corrected chi connectivity index (χ0v) is 14.8. The number of hydrogen-bond acceptors (Lipinski definition) is 8. The molecule has 0 radical (unpaired) electrons. The van der Waals surface area contributed by atoms with Crippen LogP contribution in [-0.4, -0.2) is 42.5 Å². The topological polar surface area (TPSA) is 160 Å². The van der Waals surface area contributed by atoms with Crippen molar-refractivity contribution < 1.29 is 4.79 Å². The summed E-state index contributed by atoms with van der Waals surface area (Å²) in [5.41, 5.74) is 5.20. The molecule has 140 valence electrons. The van der Waals surface area contributed by atoms with E-state index >= 15 is 0 Å². The van der Waals surface area contributed by atoms with Crippen molar-refractivity contribution >= 4 is 23.5 Å². The van der Waals surface area contributed by atoms with E-state index < -0.39 is 11.5 Å². The summed E-state index contributed by atoms with van der Waals surface area (Å²) in [5.74, 6) is 5.10. The molecule has 1 aliphatic rings. The summed E-state index contributed by atoms with van der Waals surface area (Å²) in [6.45, 7) is 0.625. The van der Waals surface area contributed by atoms with Gasteiger partial charge in [-0.25, -0.2) is 4.68 Å². The Kier molecular flexibility index (Phi) is 5.47. The molecule has 0 atom stereocenters. The average Bonchev–Trinajstić information content (AvgIpc) is 3.06. The molecule has 5 N–H and O–H groups in total. The zero-order valence-electron chi connectivity index (χ0n) is 14.1. The molecule has 0 aliphatic heterocycles. The number of hydrogen-bond donors (Lipinski definition) is 3. The molecule has 11 nitrogen and oxygen atoms in total. The Morgan fingerprint density at radius 2 is 2.04 bits per heavy atom. The lowest BCUT2D eigenvalue weighted by atomic mass is 9.84. The maximum atomic E-state index is 12.6. The molecule has 1 saturated carbocycles. The van der Waals surface area contributed by atoms with Crippen LogP contribution in [0.5, 0.6) is 0 Å². The number of amides is 1. The van der Waals surface area contributed by atoms with Gasteiger partial charge in [-0.05, 0) is 29.2 Å². The molecule has 0 unspecified atom stereocenters. The van der Waals surface area contributed by atoms with Gasteiger partial charge in [-0.3, -0.25) is 14.9 Å². The molecule has 2 heterocycles. The van der Waals surface area contributed by atoms with Gasteiger partial charge in [-0.15, -0.1) is 9.89 Å². The lowest BCUT2D eigenvalue weighted by Crippen LogP contribution is -2.36. The SMILES string of the molecule is NCCn1nnnc1NC(=O)c1nn(N)c(=O)c(C2CCCCC2)c1Cl. The molecule has 1 aliphatic carbocycles. The normalized spacial score (nSPS) is 15.2. The highest BCUT2D eigenvalue weighted by atomic mass is 35.5. The highest BCUT2D eigenvalue weighted by Crippen LogP contribution is 2.35. The molecule has 0 bridgehead atoms. The summed E-state index contributed by atoms with van der Waals surface area (Å²) in [6.07, 6.45) is 4.78. The first-order valence-corrected chi connectivity index (χ1v) is 8.76. The van der Waals surface area contributed by atoms with Gasteiger partial charge >= 0.3 is 0 Å². The minimum Gasteiger partial charge on any atom is -0.329 e. The fourth-order valence-corrected chi connectivity index (χ4v) is 3.52. The number of nitrogen functional groups attached to an aromatic ring is 1. The van der Waals surface area contributed by atoms with Crippen LogP contribution in [0, 0.1) is 0 Å². The Labute approximate surface area is 153 Å². The van der Waals surface area contributed by atoms with E-state index in [0.717, 1.165) is 32.1 Å². The van der Waals surface area contributed by atoms with Crippen LogP contribution in [-0.2, 0) is 6.54 Å². The largest absolute Gasteiger partial charge is 0.329 e. The van der Waals surface area contributed by atoms with Crippen molar-refractivity contribution in [2.75, 3.05) is 17.7 Å². The first kappa shape index (κ1) is 18.3. The molecule has 26 heavy (non-hydrogen) atoms. The minimum atomic E-state index is -0.653. The third-order valence-corrected chi connectivity index (χ3v) is 4.80. The quantitative estimate of drug-likeness (QED) is 0.603. The van der Waals surface area contributed by atoms with E-state index in [1.54, 1.807) is 0 Å². The Morgan fingerprint density at radius 3 is 2.73 bits per heavy atom. The number of carbonyl (C=O) groups excluding carboxylic acids is 1. The fraction of sp³-hybridized carbons (Fsp3) is 0.571. The molecule has 2 aromatic rings. The van der Waals surface area contributed by atoms with E-state index in [4.69, 9.17) is 23.2 Å². The number of tetrazole rings is 1. The van der Waals surface area contributed by atoms with Crippen molar-refractivity contribution in [3.63, 3.8) is 0 Å². The number of aromatic nitrogens is 6. The second-order valence-corrected chi connectivity index (χ2v) is 6.51. The maximum absolute atomic E-state index is 12.6. The molecule has 0 spiro atoms. The highest BCUT2D eigenvalue weighted by Gasteiger charge is 2.28. The Bertz CT molecular complexity index is 857. The van der Waals surface area contributed by atoms with Gasteiger partial charge in [0.25, 0.3) is 11.5 Å². The number of halogens is 1. The van der Waals surface area contributed by atoms with Crippen LogP contribution in [0.25, 0.3) is 0 Å². The third-order valence-electron chi connectivity index (χ3n) is 4.42. The maximum Gasteiger partial charge on any atom is 0.290 e. The van der Waals surface area contributed by atoms with Crippen LogP contribution in [0.2, 0.25) is 5.02 Å². The molecular formula is C14H20ClN9O2. The molecule has 2 aromatic heterocycles. The van der Waals surface area contributed by atoms with Gasteiger partial charge < -0.3 is 11.6 Å².